The maximum absolute atomic E-state index is 11.7. The van der Waals surface area contributed by atoms with Crippen molar-refractivity contribution in [3.63, 3.8) is 0 Å². The van der Waals surface area contributed by atoms with Crippen LogP contribution >= 0.6 is 0 Å². The molecule has 2 fully saturated rings. The second-order valence-corrected chi connectivity index (χ2v) is 5.63. The summed E-state index contributed by atoms with van der Waals surface area (Å²) in [7, 11) is 1.78. The molecule has 1 N–H and O–H groups in total. The van der Waals surface area contributed by atoms with Crippen molar-refractivity contribution in [3.8, 4) is 0 Å². The number of aliphatic hydroxyl groups is 1. The highest BCUT2D eigenvalue weighted by Crippen LogP contribution is 2.32. The van der Waals surface area contributed by atoms with Crippen molar-refractivity contribution < 1.29 is 9.90 Å². The third-order valence-electron chi connectivity index (χ3n) is 4.29. The van der Waals surface area contributed by atoms with Crippen LogP contribution in [0.3, 0.4) is 0 Å². The fourth-order valence-corrected chi connectivity index (χ4v) is 3.15. The lowest BCUT2D eigenvalue weighted by molar-refractivity contribution is -0.135. The van der Waals surface area contributed by atoms with E-state index in [2.05, 4.69) is 16.0 Å². The Morgan fingerprint density at radius 3 is 2.84 bits per heavy atom. The Kier molecular flexibility index (Phi) is 3.03. The molecule has 2 aliphatic rings. The van der Waals surface area contributed by atoms with Gasteiger partial charge in [-0.1, -0.05) is 6.07 Å². The number of likely N-dealkylation sites (N-methyl/N-ethyl adjacent to an activating group) is 1. The predicted molar refractivity (Wildman–Crippen MR) is 70.3 cm³/mol. The number of hydrogen-bond acceptors (Lipinski definition) is 4. The number of carbonyl (C=O) groups excluding carboxylic acids is 1. The minimum absolute atomic E-state index is 0.0518. The molecule has 2 aliphatic heterocycles. The van der Waals surface area contributed by atoms with Crippen LogP contribution in [0, 0.1) is 12.8 Å². The van der Waals surface area contributed by atoms with Crippen LogP contribution < -0.4 is 0 Å². The van der Waals surface area contributed by atoms with Gasteiger partial charge in [0.25, 0.3) is 5.91 Å². The van der Waals surface area contributed by atoms with E-state index in [1.807, 2.05) is 19.2 Å². The Bertz CT molecular complexity index is 468. The average molecular weight is 261 g/mol. The van der Waals surface area contributed by atoms with Crippen LogP contribution in [-0.4, -0.2) is 58.1 Å². The molecule has 19 heavy (non-hydrogen) atoms. The lowest BCUT2D eigenvalue weighted by Gasteiger charge is -2.21. The van der Waals surface area contributed by atoms with E-state index in [9.17, 15) is 9.90 Å². The molecule has 0 bridgehead atoms. The molecule has 0 aliphatic carbocycles. The van der Waals surface area contributed by atoms with E-state index in [1.54, 1.807) is 11.9 Å². The van der Waals surface area contributed by atoms with Gasteiger partial charge in [-0.05, 0) is 18.6 Å². The number of aliphatic hydroxyl groups excluding tert-OH is 1. The average Bonchev–Trinajstić information content (AvgIpc) is 2.89. The summed E-state index contributed by atoms with van der Waals surface area (Å²) in [5.74, 6) is -0.0810. The SMILES string of the molecule is Cc1ccc(CN2C[C@@H]3[C@H](O)C(=O)N(C)[C@@H]3C2)cn1. The molecular weight excluding hydrogens is 242 g/mol. The lowest BCUT2D eigenvalue weighted by Crippen LogP contribution is -2.36. The smallest absolute Gasteiger partial charge is 0.251 e. The predicted octanol–water partition coefficient (Wildman–Crippen LogP) is 0.0233. The highest BCUT2D eigenvalue weighted by atomic mass is 16.3. The zero-order valence-corrected chi connectivity index (χ0v) is 11.3. The van der Waals surface area contributed by atoms with Gasteiger partial charge < -0.3 is 10.0 Å². The molecule has 5 nitrogen and oxygen atoms in total. The van der Waals surface area contributed by atoms with Crippen LogP contribution in [0.15, 0.2) is 18.3 Å². The van der Waals surface area contributed by atoms with Gasteiger partial charge in [0.05, 0.1) is 6.04 Å². The van der Waals surface area contributed by atoms with Crippen molar-refractivity contribution in [3.05, 3.63) is 29.6 Å². The Hall–Kier alpha value is -1.46. The zero-order valence-electron chi connectivity index (χ0n) is 11.3. The first-order valence-corrected chi connectivity index (χ1v) is 6.65. The number of carbonyl (C=O) groups is 1. The number of fused-ring (bicyclic) bond motifs is 1. The Balaban J connectivity index is 1.67. The minimum atomic E-state index is -0.823. The van der Waals surface area contributed by atoms with E-state index in [0.717, 1.165) is 25.3 Å². The number of pyridine rings is 1. The summed E-state index contributed by atoms with van der Waals surface area (Å²) in [6.07, 6.45) is 1.07. The maximum atomic E-state index is 11.7. The highest BCUT2D eigenvalue weighted by molar-refractivity contribution is 5.84. The Labute approximate surface area is 112 Å². The van der Waals surface area contributed by atoms with E-state index in [1.165, 1.54) is 5.56 Å². The number of likely N-dealkylation sites (tertiary alicyclic amines) is 2. The molecule has 3 atom stereocenters. The van der Waals surface area contributed by atoms with E-state index in [4.69, 9.17) is 0 Å². The molecule has 0 unspecified atom stereocenters. The second-order valence-electron chi connectivity index (χ2n) is 5.63. The topological polar surface area (TPSA) is 56.7 Å². The van der Waals surface area contributed by atoms with Gasteiger partial charge in [-0.15, -0.1) is 0 Å². The van der Waals surface area contributed by atoms with Gasteiger partial charge in [0, 0.05) is 44.5 Å². The van der Waals surface area contributed by atoms with Crippen LogP contribution in [0.1, 0.15) is 11.3 Å². The van der Waals surface area contributed by atoms with E-state index in [-0.39, 0.29) is 17.9 Å². The third-order valence-corrected chi connectivity index (χ3v) is 4.29. The molecule has 1 amide bonds. The largest absolute Gasteiger partial charge is 0.383 e. The number of aromatic nitrogens is 1. The number of nitrogens with zero attached hydrogens (tertiary/aromatic N) is 3. The van der Waals surface area contributed by atoms with Crippen molar-refractivity contribution in [1.29, 1.82) is 0 Å². The van der Waals surface area contributed by atoms with Crippen molar-refractivity contribution in [2.75, 3.05) is 20.1 Å². The highest BCUT2D eigenvalue weighted by Gasteiger charge is 2.50. The molecule has 0 spiro atoms. The molecule has 2 saturated heterocycles. The number of rotatable bonds is 2. The van der Waals surface area contributed by atoms with Crippen molar-refractivity contribution in [1.82, 2.24) is 14.8 Å². The summed E-state index contributed by atoms with van der Waals surface area (Å²) in [6.45, 7) is 4.41. The monoisotopic (exact) mass is 261 g/mol. The standard InChI is InChI=1S/C14H19N3O2/c1-9-3-4-10(5-15-9)6-17-7-11-12(8-17)16(2)14(19)13(11)18/h3-5,11-13,18H,6-8H2,1-2H3/t11-,12+,13-/m0/s1. The summed E-state index contributed by atoms with van der Waals surface area (Å²) in [6, 6.07) is 4.25. The molecule has 3 rings (SSSR count). The summed E-state index contributed by atoms with van der Waals surface area (Å²) >= 11 is 0. The summed E-state index contributed by atoms with van der Waals surface area (Å²) < 4.78 is 0. The van der Waals surface area contributed by atoms with Crippen LogP contribution in [0.5, 0.6) is 0 Å². The Morgan fingerprint density at radius 2 is 2.21 bits per heavy atom. The van der Waals surface area contributed by atoms with Gasteiger partial charge in [0.2, 0.25) is 0 Å². The van der Waals surface area contributed by atoms with Crippen LogP contribution in [0.2, 0.25) is 0 Å². The molecule has 0 saturated carbocycles. The van der Waals surface area contributed by atoms with Gasteiger partial charge in [-0.2, -0.15) is 0 Å². The number of aryl methyl sites for hydroxylation is 1. The summed E-state index contributed by atoms with van der Waals surface area (Å²) in [4.78, 5) is 19.9. The fraction of sp³-hybridized carbons (Fsp3) is 0.571. The molecule has 0 aromatic carbocycles. The maximum Gasteiger partial charge on any atom is 0.251 e. The van der Waals surface area contributed by atoms with E-state index < -0.39 is 6.10 Å². The zero-order chi connectivity index (χ0) is 13.6. The van der Waals surface area contributed by atoms with Crippen molar-refractivity contribution in [2.24, 2.45) is 5.92 Å². The molecule has 3 heterocycles. The molecule has 0 radical (unpaired) electrons. The first-order chi connectivity index (χ1) is 9.06. The summed E-state index contributed by atoms with van der Waals surface area (Å²) in [5, 5.41) is 9.93. The van der Waals surface area contributed by atoms with E-state index in [0.29, 0.717) is 0 Å². The van der Waals surface area contributed by atoms with Crippen molar-refractivity contribution in [2.45, 2.75) is 25.6 Å². The Morgan fingerprint density at radius 1 is 1.42 bits per heavy atom. The van der Waals surface area contributed by atoms with Crippen LogP contribution in [-0.2, 0) is 11.3 Å². The molecule has 1 aromatic heterocycles. The quantitative estimate of drug-likeness (QED) is 0.815. The first kappa shape index (κ1) is 12.6. The normalized spacial score (nSPS) is 31.0. The van der Waals surface area contributed by atoms with Gasteiger partial charge in [0.15, 0.2) is 0 Å². The van der Waals surface area contributed by atoms with Crippen molar-refractivity contribution >= 4 is 5.91 Å². The van der Waals surface area contributed by atoms with Gasteiger partial charge in [0.1, 0.15) is 6.10 Å². The third kappa shape index (κ3) is 2.13. The lowest BCUT2D eigenvalue weighted by atomic mass is 10.0. The number of amides is 1. The summed E-state index contributed by atoms with van der Waals surface area (Å²) in [5.41, 5.74) is 2.19. The molecular formula is C14H19N3O2. The van der Waals surface area contributed by atoms with E-state index >= 15 is 0 Å². The number of hydrogen-bond donors (Lipinski definition) is 1. The van der Waals surface area contributed by atoms with Crippen LogP contribution in [0.4, 0.5) is 0 Å². The van der Waals surface area contributed by atoms with Gasteiger partial charge in [-0.25, -0.2) is 0 Å². The molecule has 1 aromatic rings. The van der Waals surface area contributed by atoms with Gasteiger partial charge in [-0.3, -0.25) is 14.7 Å². The fourth-order valence-electron chi connectivity index (χ4n) is 3.15. The molecule has 102 valence electrons. The first-order valence-electron chi connectivity index (χ1n) is 6.65. The molecule has 5 heteroatoms. The van der Waals surface area contributed by atoms with Crippen LogP contribution in [0.25, 0.3) is 0 Å². The minimum Gasteiger partial charge on any atom is -0.383 e. The van der Waals surface area contributed by atoms with Gasteiger partial charge >= 0.3 is 0 Å². The second kappa shape index (κ2) is 4.58.